The summed E-state index contributed by atoms with van der Waals surface area (Å²) < 4.78 is 12.1. The highest BCUT2D eigenvalue weighted by Gasteiger charge is 2.44. The van der Waals surface area contributed by atoms with E-state index in [0.717, 1.165) is 25.6 Å². The van der Waals surface area contributed by atoms with Crippen LogP contribution in [0.15, 0.2) is 12.7 Å². The predicted octanol–water partition coefficient (Wildman–Crippen LogP) is 2.75. The maximum absolute atomic E-state index is 6.04. The van der Waals surface area contributed by atoms with E-state index in [2.05, 4.69) is 11.5 Å². The SMILES string of the molecule is C=CCOC1C2CCC1N(C1CCCCC1)CCO2. The van der Waals surface area contributed by atoms with Crippen LogP contribution < -0.4 is 0 Å². The molecule has 0 aromatic rings. The highest BCUT2D eigenvalue weighted by Crippen LogP contribution is 2.35. The van der Waals surface area contributed by atoms with Crippen molar-refractivity contribution in [3.63, 3.8) is 0 Å². The van der Waals surface area contributed by atoms with E-state index >= 15 is 0 Å². The monoisotopic (exact) mass is 265 g/mol. The van der Waals surface area contributed by atoms with Crippen LogP contribution in [0, 0.1) is 0 Å². The number of hydrogen-bond acceptors (Lipinski definition) is 3. The molecule has 0 radical (unpaired) electrons. The summed E-state index contributed by atoms with van der Waals surface area (Å²) >= 11 is 0. The molecule has 0 spiro atoms. The molecule has 3 aliphatic rings. The summed E-state index contributed by atoms with van der Waals surface area (Å²) in [5.41, 5.74) is 0. The summed E-state index contributed by atoms with van der Waals surface area (Å²) in [7, 11) is 0. The third-order valence-corrected chi connectivity index (χ3v) is 5.05. The molecular formula is C16H27NO2. The molecule has 19 heavy (non-hydrogen) atoms. The fourth-order valence-electron chi connectivity index (χ4n) is 4.18. The Morgan fingerprint density at radius 3 is 2.79 bits per heavy atom. The zero-order chi connectivity index (χ0) is 13.1. The molecule has 2 aliphatic carbocycles. The van der Waals surface area contributed by atoms with Crippen molar-refractivity contribution in [1.29, 1.82) is 0 Å². The molecule has 3 fully saturated rings. The average Bonchev–Trinajstić information content (AvgIpc) is 2.73. The van der Waals surface area contributed by atoms with Crippen molar-refractivity contribution >= 4 is 0 Å². The van der Waals surface area contributed by atoms with Crippen molar-refractivity contribution in [2.75, 3.05) is 19.8 Å². The minimum Gasteiger partial charge on any atom is -0.374 e. The van der Waals surface area contributed by atoms with Crippen molar-refractivity contribution in [2.45, 2.75) is 69.2 Å². The van der Waals surface area contributed by atoms with Crippen LogP contribution in [-0.2, 0) is 9.47 Å². The van der Waals surface area contributed by atoms with Gasteiger partial charge in [0.05, 0.1) is 25.4 Å². The Bertz CT molecular complexity index is 301. The van der Waals surface area contributed by atoms with E-state index in [0.29, 0.717) is 18.8 Å². The molecule has 1 aliphatic heterocycles. The molecule has 0 N–H and O–H groups in total. The van der Waals surface area contributed by atoms with Gasteiger partial charge in [-0.05, 0) is 25.7 Å². The molecule has 3 atom stereocenters. The molecule has 2 saturated carbocycles. The van der Waals surface area contributed by atoms with E-state index < -0.39 is 0 Å². The minimum absolute atomic E-state index is 0.266. The lowest BCUT2D eigenvalue weighted by molar-refractivity contribution is -0.0471. The minimum atomic E-state index is 0.266. The Labute approximate surface area is 116 Å². The van der Waals surface area contributed by atoms with Crippen LogP contribution in [0.3, 0.4) is 0 Å². The molecule has 3 unspecified atom stereocenters. The zero-order valence-corrected chi connectivity index (χ0v) is 11.9. The summed E-state index contributed by atoms with van der Waals surface area (Å²) in [6, 6.07) is 1.35. The van der Waals surface area contributed by atoms with Gasteiger partial charge < -0.3 is 9.47 Å². The Balaban J connectivity index is 1.70. The Kier molecular flexibility index (Phi) is 4.57. The quantitative estimate of drug-likeness (QED) is 0.730. The van der Waals surface area contributed by atoms with Crippen molar-refractivity contribution in [3.05, 3.63) is 12.7 Å². The molecule has 0 aromatic heterocycles. The maximum atomic E-state index is 6.04. The van der Waals surface area contributed by atoms with E-state index in [1.54, 1.807) is 0 Å². The summed E-state index contributed by atoms with van der Waals surface area (Å²) in [6.07, 6.45) is 11.8. The Morgan fingerprint density at radius 2 is 2.00 bits per heavy atom. The van der Waals surface area contributed by atoms with Crippen molar-refractivity contribution in [3.8, 4) is 0 Å². The van der Waals surface area contributed by atoms with E-state index in [1.165, 1.54) is 38.5 Å². The molecular weight excluding hydrogens is 238 g/mol. The fraction of sp³-hybridized carbons (Fsp3) is 0.875. The Morgan fingerprint density at radius 1 is 1.16 bits per heavy atom. The molecule has 3 nitrogen and oxygen atoms in total. The normalized spacial score (nSPS) is 37.2. The summed E-state index contributed by atoms with van der Waals surface area (Å²) in [4.78, 5) is 2.72. The van der Waals surface area contributed by atoms with Crippen LogP contribution in [0.2, 0.25) is 0 Å². The zero-order valence-electron chi connectivity index (χ0n) is 11.9. The molecule has 3 rings (SSSR count). The van der Waals surface area contributed by atoms with Gasteiger partial charge in [-0.3, -0.25) is 4.90 Å². The molecule has 2 bridgehead atoms. The predicted molar refractivity (Wildman–Crippen MR) is 76.3 cm³/mol. The lowest BCUT2D eigenvalue weighted by atomic mass is 9.92. The second kappa shape index (κ2) is 6.38. The van der Waals surface area contributed by atoms with Gasteiger partial charge in [-0.25, -0.2) is 0 Å². The van der Waals surface area contributed by atoms with Crippen LogP contribution in [-0.4, -0.2) is 49.0 Å². The standard InChI is InChI=1S/C16H27NO2/c1-2-11-19-16-14-8-9-15(16)18-12-10-17(14)13-6-4-3-5-7-13/h2,13-16H,1,3-12H2. The third-order valence-electron chi connectivity index (χ3n) is 5.05. The van der Waals surface area contributed by atoms with E-state index in [9.17, 15) is 0 Å². The lowest BCUT2D eigenvalue weighted by Gasteiger charge is -2.39. The number of ether oxygens (including phenoxy) is 2. The van der Waals surface area contributed by atoms with Crippen LogP contribution in [0.5, 0.6) is 0 Å². The summed E-state index contributed by atoms with van der Waals surface area (Å²) in [5, 5.41) is 0. The fourth-order valence-corrected chi connectivity index (χ4v) is 4.18. The topological polar surface area (TPSA) is 21.7 Å². The molecule has 1 saturated heterocycles. The smallest absolute Gasteiger partial charge is 0.0995 e. The van der Waals surface area contributed by atoms with Gasteiger partial charge in [-0.15, -0.1) is 6.58 Å². The van der Waals surface area contributed by atoms with E-state index in [1.807, 2.05) is 6.08 Å². The highest BCUT2D eigenvalue weighted by molar-refractivity contribution is 4.98. The first-order valence-corrected chi connectivity index (χ1v) is 8.00. The van der Waals surface area contributed by atoms with Gasteiger partial charge in [0.15, 0.2) is 0 Å². The van der Waals surface area contributed by atoms with Crippen LogP contribution in [0.1, 0.15) is 44.9 Å². The third kappa shape index (κ3) is 2.88. The van der Waals surface area contributed by atoms with Gasteiger partial charge in [0.2, 0.25) is 0 Å². The van der Waals surface area contributed by atoms with Crippen LogP contribution in [0.4, 0.5) is 0 Å². The van der Waals surface area contributed by atoms with E-state index in [4.69, 9.17) is 9.47 Å². The number of fused-ring (bicyclic) bond motifs is 2. The van der Waals surface area contributed by atoms with Crippen molar-refractivity contribution in [2.24, 2.45) is 0 Å². The average molecular weight is 265 g/mol. The van der Waals surface area contributed by atoms with E-state index in [-0.39, 0.29) is 6.10 Å². The first-order valence-electron chi connectivity index (χ1n) is 8.00. The first-order chi connectivity index (χ1) is 9.40. The molecule has 0 aromatic carbocycles. The van der Waals surface area contributed by atoms with Gasteiger partial charge >= 0.3 is 0 Å². The van der Waals surface area contributed by atoms with Crippen LogP contribution in [0.25, 0.3) is 0 Å². The summed E-state index contributed by atoms with van der Waals surface area (Å²) in [5.74, 6) is 0. The van der Waals surface area contributed by atoms with Gasteiger partial charge in [-0.2, -0.15) is 0 Å². The van der Waals surface area contributed by atoms with Gasteiger partial charge in [0.1, 0.15) is 0 Å². The number of nitrogens with zero attached hydrogens (tertiary/aromatic N) is 1. The van der Waals surface area contributed by atoms with Gasteiger partial charge in [-0.1, -0.05) is 25.3 Å². The molecule has 1 heterocycles. The second-order valence-electron chi connectivity index (χ2n) is 6.17. The number of rotatable bonds is 4. The molecule has 108 valence electrons. The summed E-state index contributed by atoms with van der Waals surface area (Å²) in [6.45, 7) is 6.40. The largest absolute Gasteiger partial charge is 0.374 e. The van der Waals surface area contributed by atoms with Crippen LogP contribution >= 0.6 is 0 Å². The Hall–Kier alpha value is -0.380. The second-order valence-corrected chi connectivity index (χ2v) is 6.17. The van der Waals surface area contributed by atoms with Crippen molar-refractivity contribution in [1.82, 2.24) is 4.90 Å². The highest BCUT2D eigenvalue weighted by atomic mass is 16.5. The molecule has 3 heteroatoms. The first kappa shape index (κ1) is 13.6. The molecule has 0 amide bonds. The lowest BCUT2D eigenvalue weighted by Crippen LogP contribution is -2.49. The van der Waals surface area contributed by atoms with Gasteiger partial charge in [0, 0.05) is 18.6 Å². The van der Waals surface area contributed by atoms with Crippen molar-refractivity contribution < 1.29 is 9.47 Å². The maximum Gasteiger partial charge on any atom is 0.0995 e. The van der Waals surface area contributed by atoms with Gasteiger partial charge in [0.25, 0.3) is 0 Å². The number of hydrogen-bond donors (Lipinski definition) is 0.